The van der Waals surface area contributed by atoms with Crippen molar-refractivity contribution in [3.8, 4) is 0 Å². The third-order valence-corrected chi connectivity index (χ3v) is 6.58. The van der Waals surface area contributed by atoms with Crippen LogP contribution in [0, 0.1) is 0 Å². The molecule has 168 valence electrons. The lowest BCUT2D eigenvalue weighted by molar-refractivity contribution is -0.137. The van der Waals surface area contributed by atoms with Crippen LogP contribution in [0.15, 0.2) is 54.6 Å². The summed E-state index contributed by atoms with van der Waals surface area (Å²) in [6.07, 6.45) is -1.17. The van der Waals surface area contributed by atoms with Crippen LogP contribution in [0.4, 0.5) is 13.2 Å². The Hall–Kier alpha value is -3.09. The van der Waals surface area contributed by atoms with Gasteiger partial charge in [0.15, 0.2) is 0 Å². The van der Waals surface area contributed by atoms with Gasteiger partial charge < -0.3 is 10.2 Å². The molecular formula is C25H25F3N2O2. The van der Waals surface area contributed by atoms with Gasteiger partial charge in [0.1, 0.15) is 0 Å². The van der Waals surface area contributed by atoms with Crippen LogP contribution in [-0.4, -0.2) is 29.8 Å². The molecule has 0 aromatic heterocycles. The summed E-state index contributed by atoms with van der Waals surface area (Å²) in [5.74, 6) is -0.399. The third kappa shape index (κ3) is 3.80. The summed E-state index contributed by atoms with van der Waals surface area (Å²) in [4.78, 5) is 27.4. The average Bonchev–Trinajstić information content (AvgIpc) is 2.76. The molecule has 2 amide bonds. The number of benzene rings is 2. The van der Waals surface area contributed by atoms with Crippen molar-refractivity contribution in [2.45, 2.75) is 43.8 Å². The number of piperidine rings is 1. The number of rotatable bonds is 2. The Morgan fingerprint density at radius 1 is 1.00 bits per heavy atom. The first-order valence-electron chi connectivity index (χ1n) is 10.6. The molecule has 4 rings (SSSR count). The van der Waals surface area contributed by atoms with E-state index in [0.717, 1.165) is 17.2 Å². The maximum Gasteiger partial charge on any atom is 0.416 e. The number of halogens is 3. The molecule has 0 unspecified atom stereocenters. The van der Waals surface area contributed by atoms with E-state index in [1.165, 1.54) is 30.4 Å². The normalized spacial score (nSPS) is 19.7. The first-order chi connectivity index (χ1) is 15.0. The highest BCUT2D eigenvalue weighted by Gasteiger charge is 2.50. The molecule has 1 N–H and O–H groups in total. The van der Waals surface area contributed by atoms with Crippen LogP contribution in [0.1, 0.15) is 48.9 Å². The number of nitrogens with zero attached hydrogens (tertiary/aromatic N) is 1. The fourth-order valence-electron chi connectivity index (χ4n) is 4.81. The van der Waals surface area contributed by atoms with Gasteiger partial charge in [-0.2, -0.15) is 13.2 Å². The molecule has 0 radical (unpaired) electrons. The smallest absolute Gasteiger partial charge is 0.346 e. The second-order valence-electron chi connectivity index (χ2n) is 8.95. The topological polar surface area (TPSA) is 49.4 Å². The van der Waals surface area contributed by atoms with E-state index in [2.05, 4.69) is 5.32 Å². The lowest BCUT2D eigenvalue weighted by Gasteiger charge is -2.48. The predicted octanol–water partition coefficient (Wildman–Crippen LogP) is 4.64. The minimum Gasteiger partial charge on any atom is -0.346 e. The quantitative estimate of drug-likeness (QED) is 0.689. The van der Waals surface area contributed by atoms with E-state index >= 15 is 0 Å². The van der Waals surface area contributed by atoms with Gasteiger partial charge in [-0.25, -0.2) is 0 Å². The Morgan fingerprint density at radius 2 is 1.59 bits per heavy atom. The lowest BCUT2D eigenvalue weighted by Crippen LogP contribution is -2.60. The number of alkyl halides is 3. The second-order valence-corrected chi connectivity index (χ2v) is 8.95. The minimum absolute atomic E-state index is 0.0389. The zero-order chi connectivity index (χ0) is 23.1. The Balaban J connectivity index is 1.52. The van der Waals surface area contributed by atoms with Crippen LogP contribution < -0.4 is 5.32 Å². The molecule has 7 heteroatoms. The first-order valence-corrected chi connectivity index (χ1v) is 10.6. The molecule has 2 aromatic rings. The summed E-state index contributed by atoms with van der Waals surface area (Å²) in [7, 11) is 0. The van der Waals surface area contributed by atoms with Crippen LogP contribution >= 0.6 is 0 Å². The fraction of sp³-hybridized carbons (Fsp3) is 0.360. The Morgan fingerprint density at radius 3 is 2.25 bits per heavy atom. The van der Waals surface area contributed by atoms with Crippen LogP contribution in [-0.2, 0) is 26.7 Å². The Bertz CT molecular complexity index is 1080. The number of carbonyl (C=O) groups excluding carboxylic acids is 2. The molecule has 0 bridgehead atoms. The number of likely N-dealkylation sites (tertiary alicyclic amines) is 1. The van der Waals surface area contributed by atoms with E-state index in [4.69, 9.17) is 0 Å². The third-order valence-electron chi connectivity index (χ3n) is 6.58. The van der Waals surface area contributed by atoms with E-state index in [1.807, 2.05) is 38.1 Å². The van der Waals surface area contributed by atoms with Gasteiger partial charge in [0.05, 0.1) is 16.5 Å². The van der Waals surface area contributed by atoms with Crippen LogP contribution in [0.5, 0.6) is 0 Å². The summed E-state index contributed by atoms with van der Waals surface area (Å²) in [5.41, 5.74) is 0.0682. The lowest BCUT2D eigenvalue weighted by atomic mass is 9.65. The average molecular weight is 442 g/mol. The zero-order valence-electron chi connectivity index (χ0n) is 18.0. The summed E-state index contributed by atoms with van der Waals surface area (Å²) in [6, 6.07) is 13.0. The minimum atomic E-state index is -4.49. The monoisotopic (exact) mass is 442 g/mol. The summed E-state index contributed by atoms with van der Waals surface area (Å²) < 4.78 is 39.5. The van der Waals surface area contributed by atoms with E-state index in [1.54, 1.807) is 4.90 Å². The van der Waals surface area contributed by atoms with Gasteiger partial charge in [0.2, 0.25) is 11.8 Å². The largest absolute Gasteiger partial charge is 0.416 e. The van der Waals surface area contributed by atoms with Gasteiger partial charge in [-0.3, -0.25) is 9.59 Å². The molecule has 2 aromatic carbocycles. The number of hydrogen-bond acceptors (Lipinski definition) is 2. The molecule has 0 atom stereocenters. The van der Waals surface area contributed by atoms with E-state index in [9.17, 15) is 22.8 Å². The number of hydrogen-bond donors (Lipinski definition) is 1. The van der Waals surface area contributed by atoms with Crippen molar-refractivity contribution >= 4 is 17.9 Å². The number of amides is 2. The first kappa shape index (κ1) is 22.1. The number of fused-ring (bicyclic) bond motifs is 2. The molecule has 2 heterocycles. The molecule has 1 saturated heterocycles. The van der Waals surface area contributed by atoms with Crippen LogP contribution in [0.2, 0.25) is 0 Å². The standard InChI is InChI=1S/C25H25F3N2O2/c1-23(2)19-9-5-6-10-20(19)24(22(32)29-23)13-15-30(16-14-24)21(31)12-11-17-7-3-4-8-18(17)25(26,27)28/h3-12H,13-16H2,1-2H3,(H,29,32). The van der Waals surface area contributed by atoms with Gasteiger partial charge in [0.25, 0.3) is 0 Å². The summed E-state index contributed by atoms with van der Waals surface area (Å²) in [5, 5.41) is 3.12. The van der Waals surface area contributed by atoms with Gasteiger partial charge in [0, 0.05) is 19.2 Å². The van der Waals surface area contributed by atoms with Crippen LogP contribution in [0.3, 0.4) is 0 Å². The Kier molecular flexibility index (Phi) is 5.39. The van der Waals surface area contributed by atoms with Crippen molar-refractivity contribution in [2.75, 3.05) is 13.1 Å². The number of carbonyl (C=O) groups is 2. The zero-order valence-corrected chi connectivity index (χ0v) is 18.0. The molecule has 1 fully saturated rings. The van der Waals surface area contributed by atoms with Gasteiger partial charge >= 0.3 is 6.18 Å². The van der Waals surface area contributed by atoms with Crippen molar-refractivity contribution in [1.29, 1.82) is 0 Å². The molecule has 2 aliphatic rings. The maximum absolute atomic E-state index is 13.2. The van der Waals surface area contributed by atoms with Crippen molar-refractivity contribution in [1.82, 2.24) is 10.2 Å². The van der Waals surface area contributed by atoms with E-state index in [0.29, 0.717) is 25.9 Å². The molecule has 1 spiro atoms. The van der Waals surface area contributed by atoms with E-state index in [-0.39, 0.29) is 17.4 Å². The molecule has 4 nitrogen and oxygen atoms in total. The summed E-state index contributed by atoms with van der Waals surface area (Å²) >= 11 is 0. The van der Waals surface area contributed by atoms with Gasteiger partial charge in [-0.1, -0.05) is 42.5 Å². The van der Waals surface area contributed by atoms with Crippen molar-refractivity contribution in [3.63, 3.8) is 0 Å². The van der Waals surface area contributed by atoms with Crippen molar-refractivity contribution in [3.05, 3.63) is 76.9 Å². The number of nitrogens with one attached hydrogen (secondary N) is 1. The molecule has 0 aliphatic carbocycles. The highest BCUT2D eigenvalue weighted by atomic mass is 19.4. The summed E-state index contributed by atoms with van der Waals surface area (Å²) in [6.45, 7) is 4.65. The molecular weight excluding hydrogens is 417 g/mol. The highest BCUT2D eigenvalue weighted by molar-refractivity contribution is 5.94. The van der Waals surface area contributed by atoms with Crippen LogP contribution in [0.25, 0.3) is 6.08 Å². The molecule has 0 saturated carbocycles. The molecule has 2 aliphatic heterocycles. The fourth-order valence-corrected chi connectivity index (χ4v) is 4.81. The predicted molar refractivity (Wildman–Crippen MR) is 116 cm³/mol. The highest BCUT2D eigenvalue weighted by Crippen LogP contribution is 2.44. The van der Waals surface area contributed by atoms with E-state index < -0.39 is 22.7 Å². The van der Waals surface area contributed by atoms with Gasteiger partial charge in [-0.05, 0) is 55.5 Å². The van der Waals surface area contributed by atoms with Crippen molar-refractivity contribution in [2.24, 2.45) is 0 Å². The van der Waals surface area contributed by atoms with Gasteiger partial charge in [-0.15, -0.1) is 0 Å². The molecule has 32 heavy (non-hydrogen) atoms. The van der Waals surface area contributed by atoms with Crippen molar-refractivity contribution < 1.29 is 22.8 Å². The second kappa shape index (κ2) is 7.80. The Labute approximate surface area is 185 Å². The maximum atomic E-state index is 13.2. The SMILES string of the molecule is CC1(C)NC(=O)C2(CCN(C(=O)C=Cc3ccccc3C(F)(F)F)CC2)c2ccccc21.